The van der Waals surface area contributed by atoms with E-state index in [-0.39, 0.29) is 11.2 Å². The first-order chi connectivity index (χ1) is 7.52. The van der Waals surface area contributed by atoms with Gasteiger partial charge in [-0.2, -0.15) is 0 Å². The maximum Gasteiger partial charge on any atom is 0.131 e. The van der Waals surface area contributed by atoms with Crippen molar-refractivity contribution in [2.75, 3.05) is 13.1 Å². The lowest BCUT2D eigenvalue weighted by Crippen LogP contribution is -2.33. The molecular weight excluding hydrogens is 198 g/mol. The van der Waals surface area contributed by atoms with E-state index in [1.165, 1.54) is 5.56 Å². The Morgan fingerprint density at radius 2 is 1.88 bits per heavy atom. The third-order valence-electron chi connectivity index (χ3n) is 2.78. The number of rotatable bonds is 6. The summed E-state index contributed by atoms with van der Waals surface area (Å²) in [5, 5.41) is 3.33. The molecule has 0 amide bonds. The van der Waals surface area contributed by atoms with Crippen molar-refractivity contribution in [2.24, 2.45) is 0 Å². The second-order valence-corrected chi connectivity index (χ2v) is 4.88. The highest BCUT2D eigenvalue weighted by molar-refractivity contribution is 5.75. The molecule has 0 heterocycles. The minimum atomic E-state index is 0.109. The number of nitrogens with one attached hydrogen (secondary N) is 1. The van der Waals surface area contributed by atoms with Crippen LogP contribution in [0.1, 0.15) is 32.8 Å². The minimum absolute atomic E-state index is 0.109. The van der Waals surface area contributed by atoms with Crippen molar-refractivity contribution in [1.29, 1.82) is 0 Å². The second-order valence-electron chi connectivity index (χ2n) is 4.88. The molecular formula is C14H21NO. The molecule has 0 saturated heterocycles. The van der Waals surface area contributed by atoms with Crippen LogP contribution < -0.4 is 5.32 Å². The number of benzene rings is 1. The summed E-state index contributed by atoms with van der Waals surface area (Å²) < 4.78 is 0. The highest BCUT2D eigenvalue weighted by atomic mass is 16.1. The summed E-state index contributed by atoms with van der Waals surface area (Å²) in [7, 11) is 0. The molecule has 16 heavy (non-hydrogen) atoms. The first-order valence-electron chi connectivity index (χ1n) is 5.78. The van der Waals surface area contributed by atoms with Crippen molar-refractivity contribution >= 4 is 5.78 Å². The Morgan fingerprint density at radius 3 is 2.44 bits per heavy atom. The van der Waals surface area contributed by atoms with Crippen LogP contribution in [0.15, 0.2) is 30.3 Å². The molecule has 2 nitrogen and oxygen atoms in total. The van der Waals surface area contributed by atoms with Gasteiger partial charge in [0.25, 0.3) is 0 Å². The van der Waals surface area contributed by atoms with Gasteiger partial charge in [0.15, 0.2) is 0 Å². The van der Waals surface area contributed by atoms with Gasteiger partial charge in [0.1, 0.15) is 5.78 Å². The summed E-state index contributed by atoms with van der Waals surface area (Å²) >= 11 is 0. The van der Waals surface area contributed by atoms with Crippen LogP contribution in [0.5, 0.6) is 0 Å². The Balaban J connectivity index is 2.43. The average molecular weight is 219 g/mol. The first kappa shape index (κ1) is 12.9. The van der Waals surface area contributed by atoms with E-state index in [0.717, 1.165) is 13.1 Å². The Bertz CT molecular complexity index is 330. The number of carbonyl (C=O) groups is 1. The van der Waals surface area contributed by atoms with Crippen molar-refractivity contribution in [1.82, 2.24) is 5.32 Å². The quantitative estimate of drug-likeness (QED) is 0.745. The smallest absolute Gasteiger partial charge is 0.131 e. The van der Waals surface area contributed by atoms with Crippen LogP contribution in [0.3, 0.4) is 0 Å². The van der Waals surface area contributed by atoms with Crippen LogP contribution in [-0.4, -0.2) is 18.9 Å². The molecule has 0 aliphatic carbocycles. The number of ketones is 1. The van der Waals surface area contributed by atoms with E-state index in [1.54, 1.807) is 6.92 Å². The zero-order chi connectivity index (χ0) is 12.0. The Morgan fingerprint density at radius 1 is 1.25 bits per heavy atom. The summed E-state index contributed by atoms with van der Waals surface area (Å²) in [6.07, 6.45) is 0.616. The van der Waals surface area contributed by atoms with Crippen LogP contribution in [-0.2, 0) is 10.2 Å². The van der Waals surface area contributed by atoms with Crippen molar-refractivity contribution in [3.05, 3.63) is 35.9 Å². The Labute approximate surface area is 98.1 Å². The van der Waals surface area contributed by atoms with E-state index in [4.69, 9.17) is 0 Å². The van der Waals surface area contributed by atoms with Gasteiger partial charge in [-0.05, 0) is 12.5 Å². The maximum atomic E-state index is 10.8. The van der Waals surface area contributed by atoms with Gasteiger partial charge in [0.05, 0.1) is 0 Å². The van der Waals surface area contributed by atoms with Gasteiger partial charge in [-0.15, -0.1) is 0 Å². The summed E-state index contributed by atoms with van der Waals surface area (Å²) in [5.41, 5.74) is 1.43. The summed E-state index contributed by atoms with van der Waals surface area (Å²) in [5.74, 6) is 0.241. The molecule has 2 heteroatoms. The van der Waals surface area contributed by atoms with Crippen LogP contribution in [0, 0.1) is 0 Å². The highest BCUT2D eigenvalue weighted by Gasteiger charge is 2.19. The average Bonchev–Trinajstić information content (AvgIpc) is 2.26. The maximum absolute atomic E-state index is 10.8. The van der Waals surface area contributed by atoms with Gasteiger partial charge in [0, 0.05) is 24.9 Å². The molecule has 1 aromatic rings. The standard InChI is InChI=1S/C14H21NO/c1-12(16)9-10-15-11-14(2,3)13-7-5-4-6-8-13/h4-8,15H,9-11H2,1-3H3. The van der Waals surface area contributed by atoms with Crippen LogP contribution in [0.25, 0.3) is 0 Å². The normalized spacial score (nSPS) is 11.4. The highest BCUT2D eigenvalue weighted by Crippen LogP contribution is 2.21. The zero-order valence-electron chi connectivity index (χ0n) is 10.4. The topological polar surface area (TPSA) is 29.1 Å². The molecule has 1 N–H and O–H groups in total. The fourth-order valence-corrected chi connectivity index (χ4v) is 1.66. The van der Waals surface area contributed by atoms with E-state index in [1.807, 2.05) is 6.07 Å². The van der Waals surface area contributed by atoms with Gasteiger partial charge in [-0.25, -0.2) is 0 Å². The van der Waals surface area contributed by atoms with Gasteiger partial charge in [-0.1, -0.05) is 44.2 Å². The van der Waals surface area contributed by atoms with Crippen molar-refractivity contribution < 1.29 is 4.79 Å². The van der Waals surface area contributed by atoms with Crippen molar-refractivity contribution in [2.45, 2.75) is 32.6 Å². The second kappa shape index (κ2) is 5.80. The van der Waals surface area contributed by atoms with Gasteiger partial charge < -0.3 is 5.32 Å². The van der Waals surface area contributed by atoms with Crippen molar-refractivity contribution in [3.63, 3.8) is 0 Å². The molecule has 0 spiro atoms. The fraction of sp³-hybridized carbons (Fsp3) is 0.500. The first-order valence-corrected chi connectivity index (χ1v) is 5.78. The number of Topliss-reactive ketones (excluding diaryl/α,β-unsaturated/α-hetero) is 1. The third-order valence-corrected chi connectivity index (χ3v) is 2.78. The van der Waals surface area contributed by atoms with E-state index in [2.05, 4.69) is 43.4 Å². The molecule has 0 atom stereocenters. The summed E-state index contributed by atoms with van der Waals surface area (Å²) in [4.78, 5) is 10.8. The lowest BCUT2D eigenvalue weighted by atomic mass is 9.84. The third kappa shape index (κ3) is 4.15. The lowest BCUT2D eigenvalue weighted by Gasteiger charge is -2.25. The van der Waals surface area contributed by atoms with Crippen molar-refractivity contribution in [3.8, 4) is 0 Å². The molecule has 0 fully saturated rings. The summed E-state index contributed by atoms with van der Waals surface area (Å²) in [6.45, 7) is 7.71. The molecule has 1 rings (SSSR count). The van der Waals surface area contributed by atoms with E-state index in [0.29, 0.717) is 6.42 Å². The lowest BCUT2D eigenvalue weighted by molar-refractivity contribution is -0.116. The molecule has 0 aliphatic rings. The molecule has 0 aliphatic heterocycles. The molecule has 88 valence electrons. The zero-order valence-corrected chi connectivity index (χ0v) is 10.4. The van der Waals surface area contributed by atoms with Crippen LogP contribution in [0.4, 0.5) is 0 Å². The molecule has 0 aromatic heterocycles. The summed E-state index contributed by atoms with van der Waals surface area (Å²) in [6, 6.07) is 10.4. The van der Waals surface area contributed by atoms with E-state index >= 15 is 0 Å². The monoisotopic (exact) mass is 219 g/mol. The van der Waals surface area contributed by atoms with Crippen LogP contribution >= 0.6 is 0 Å². The number of carbonyl (C=O) groups excluding carboxylic acids is 1. The van der Waals surface area contributed by atoms with E-state index < -0.39 is 0 Å². The minimum Gasteiger partial charge on any atom is -0.315 e. The SMILES string of the molecule is CC(=O)CCNCC(C)(C)c1ccccc1. The molecule has 0 radical (unpaired) electrons. The van der Waals surface area contributed by atoms with Gasteiger partial charge in [-0.3, -0.25) is 4.79 Å². The van der Waals surface area contributed by atoms with Gasteiger partial charge in [0.2, 0.25) is 0 Å². The molecule has 1 aromatic carbocycles. The predicted octanol–water partition coefficient (Wildman–Crippen LogP) is 2.53. The molecule has 0 unspecified atom stereocenters. The predicted molar refractivity (Wildman–Crippen MR) is 67.6 cm³/mol. The fourth-order valence-electron chi connectivity index (χ4n) is 1.66. The van der Waals surface area contributed by atoms with Gasteiger partial charge >= 0.3 is 0 Å². The Kier molecular flexibility index (Phi) is 4.69. The van der Waals surface area contributed by atoms with E-state index in [9.17, 15) is 4.79 Å². The molecule has 0 saturated carbocycles. The largest absolute Gasteiger partial charge is 0.315 e. The number of hydrogen-bond donors (Lipinski definition) is 1. The Hall–Kier alpha value is -1.15. The van der Waals surface area contributed by atoms with Crippen LogP contribution in [0.2, 0.25) is 0 Å². The molecule has 0 bridgehead atoms. The number of hydrogen-bond acceptors (Lipinski definition) is 2.